The van der Waals surface area contributed by atoms with Crippen molar-refractivity contribution in [3.05, 3.63) is 23.8 Å². The van der Waals surface area contributed by atoms with Gasteiger partial charge in [0.2, 0.25) is 0 Å². The Kier molecular flexibility index (Phi) is 4.24. The molecule has 1 aromatic carbocycles. The van der Waals surface area contributed by atoms with Gasteiger partial charge < -0.3 is 14.5 Å². The first kappa shape index (κ1) is 17.2. The van der Waals surface area contributed by atoms with Crippen LogP contribution < -0.4 is 9.64 Å². The third-order valence-electron chi connectivity index (χ3n) is 6.29. The van der Waals surface area contributed by atoms with E-state index in [0.717, 1.165) is 31.8 Å². The van der Waals surface area contributed by atoms with E-state index in [1.807, 2.05) is 0 Å². The van der Waals surface area contributed by atoms with E-state index in [1.54, 1.807) is 0 Å². The first-order chi connectivity index (χ1) is 11.8. The number of rotatable bonds is 3. The predicted octanol–water partition coefficient (Wildman–Crippen LogP) is 2.96. The lowest BCUT2D eigenvalue weighted by molar-refractivity contribution is 0.207. The molecular formula is C21H33N3O. The molecule has 0 saturated carbocycles. The zero-order chi connectivity index (χ0) is 17.8. The van der Waals surface area contributed by atoms with E-state index < -0.39 is 0 Å². The number of piperazine rings is 1. The summed E-state index contributed by atoms with van der Waals surface area (Å²) in [4.78, 5) is 7.48. The SMILES string of the molecule is CN1CCC(Oc2cc(C(C)(C)C)ccc2N2C[C@@H]3C[C@H]2CN3C)C1. The molecule has 4 nitrogen and oxygen atoms in total. The van der Waals surface area contributed by atoms with E-state index in [2.05, 4.69) is 67.8 Å². The van der Waals surface area contributed by atoms with Crippen molar-refractivity contribution in [1.29, 1.82) is 0 Å². The number of likely N-dealkylation sites (N-methyl/N-ethyl adjacent to an activating group) is 2. The van der Waals surface area contributed by atoms with Gasteiger partial charge in [0.25, 0.3) is 0 Å². The quantitative estimate of drug-likeness (QED) is 0.840. The number of hydrogen-bond donors (Lipinski definition) is 0. The summed E-state index contributed by atoms with van der Waals surface area (Å²) < 4.78 is 6.56. The van der Waals surface area contributed by atoms with Gasteiger partial charge in [-0.25, -0.2) is 0 Å². The topological polar surface area (TPSA) is 19.0 Å². The van der Waals surface area contributed by atoms with Crippen molar-refractivity contribution in [3.63, 3.8) is 0 Å². The Morgan fingerprint density at radius 1 is 1.04 bits per heavy atom. The number of likely N-dealkylation sites (tertiary alicyclic amines) is 2. The van der Waals surface area contributed by atoms with Crippen molar-refractivity contribution in [2.45, 2.75) is 57.2 Å². The summed E-state index contributed by atoms with van der Waals surface area (Å²) in [6.45, 7) is 11.3. The third kappa shape index (κ3) is 3.26. The van der Waals surface area contributed by atoms with E-state index >= 15 is 0 Å². The summed E-state index contributed by atoms with van der Waals surface area (Å²) in [5, 5.41) is 0. The maximum atomic E-state index is 6.56. The Bertz CT molecular complexity index is 637. The van der Waals surface area contributed by atoms with Crippen molar-refractivity contribution in [1.82, 2.24) is 9.80 Å². The fourth-order valence-corrected chi connectivity index (χ4v) is 4.64. The lowest BCUT2D eigenvalue weighted by Crippen LogP contribution is -2.44. The molecule has 0 radical (unpaired) electrons. The number of anilines is 1. The molecule has 2 bridgehead atoms. The molecular weight excluding hydrogens is 310 g/mol. The van der Waals surface area contributed by atoms with Gasteiger partial charge in [0.1, 0.15) is 11.9 Å². The van der Waals surface area contributed by atoms with Crippen molar-refractivity contribution in [2.24, 2.45) is 0 Å². The molecule has 0 amide bonds. The lowest BCUT2D eigenvalue weighted by atomic mass is 9.86. The fraction of sp³-hybridized carbons (Fsp3) is 0.714. The Balaban J connectivity index is 1.63. The molecule has 0 aliphatic carbocycles. The van der Waals surface area contributed by atoms with Gasteiger partial charge in [-0.05, 0) is 50.0 Å². The molecule has 4 rings (SSSR count). The van der Waals surface area contributed by atoms with Crippen LogP contribution in [-0.2, 0) is 5.41 Å². The van der Waals surface area contributed by atoms with Crippen LogP contribution in [0.25, 0.3) is 0 Å². The Hall–Kier alpha value is -1.26. The molecule has 0 N–H and O–H groups in total. The minimum absolute atomic E-state index is 0.146. The van der Waals surface area contributed by atoms with Crippen molar-refractivity contribution < 1.29 is 4.74 Å². The standard InChI is InChI=1S/C21H33N3O/c1-21(2,3)15-6-7-19(24-13-16-11-17(24)12-23(16)5)20(10-15)25-18-8-9-22(4)14-18/h6-7,10,16-18H,8-9,11-14H2,1-5H3/t16-,17-,18?/m0/s1. The molecule has 138 valence electrons. The second kappa shape index (κ2) is 6.17. The maximum Gasteiger partial charge on any atom is 0.143 e. The predicted molar refractivity (Wildman–Crippen MR) is 104 cm³/mol. The van der Waals surface area contributed by atoms with Gasteiger partial charge in [0.05, 0.1) is 5.69 Å². The van der Waals surface area contributed by atoms with Crippen LogP contribution in [0.3, 0.4) is 0 Å². The molecule has 3 fully saturated rings. The van der Waals surface area contributed by atoms with E-state index in [4.69, 9.17) is 4.74 Å². The first-order valence-electron chi connectivity index (χ1n) is 9.78. The largest absolute Gasteiger partial charge is 0.487 e. The number of ether oxygens (including phenoxy) is 1. The first-order valence-corrected chi connectivity index (χ1v) is 9.78. The smallest absolute Gasteiger partial charge is 0.143 e. The third-order valence-corrected chi connectivity index (χ3v) is 6.29. The second-order valence-electron chi connectivity index (χ2n) is 9.36. The number of hydrogen-bond acceptors (Lipinski definition) is 4. The second-order valence-corrected chi connectivity index (χ2v) is 9.36. The summed E-state index contributed by atoms with van der Waals surface area (Å²) in [5.74, 6) is 1.10. The highest BCUT2D eigenvalue weighted by molar-refractivity contribution is 5.62. The molecule has 0 spiro atoms. The zero-order valence-corrected chi connectivity index (χ0v) is 16.5. The summed E-state index contributed by atoms with van der Waals surface area (Å²) in [7, 11) is 4.45. The minimum atomic E-state index is 0.146. The average molecular weight is 344 g/mol. The van der Waals surface area contributed by atoms with Gasteiger partial charge in [0.15, 0.2) is 0 Å². The molecule has 1 aromatic rings. The van der Waals surface area contributed by atoms with E-state index in [0.29, 0.717) is 18.2 Å². The van der Waals surface area contributed by atoms with Crippen LogP contribution in [0.2, 0.25) is 0 Å². The zero-order valence-electron chi connectivity index (χ0n) is 16.5. The molecule has 3 aliphatic heterocycles. The molecule has 25 heavy (non-hydrogen) atoms. The summed E-state index contributed by atoms with van der Waals surface area (Å²) in [5.41, 5.74) is 2.81. The Morgan fingerprint density at radius 2 is 1.84 bits per heavy atom. The molecule has 1 unspecified atom stereocenters. The lowest BCUT2D eigenvalue weighted by Gasteiger charge is -2.35. The van der Waals surface area contributed by atoms with Crippen LogP contribution in [0.1, 0.15) is 39.2 Å². The van der Waals surface area contributed by atoms with E-state index in [-0.39, 0.29) is 5.41 Å². The van der Waals surface area contributed by atoms with E-state index in [9.17, 15) is 0 Å². The monoisotopic (exact) mass is 343 g/mol. The van der Waals surface area contributed by atoms with Gasteiger partial charge in [-0.2, -0.15) is 0 Å². The van der Waals surface area contributed by atoms with E-state index in [1.165, 1.54) is 24.2 Å². The number of benzene rings is 1. The van der Waals surface area contributed by atoms with Crippen molar-refractivity contribution >= 4 is 5.69 Å². The Morgan fingerprint density at radius 3 is 2.40 bits per heavy atom. The van der Waals surface area contributed by atoms with Crippen molar-refractivity contribution in [2.75, 3.05) is 45.2 Å². The highest BCUT2D eigenvalue weighted by Gasteiger charge is 2.42. The maximum absolute atomic E-state index is 6.56. The van der Waals surface area contributed by atoms with Crippen LogP contribution in [0.5, 0.6) is 5.75 Å². The average Bonchev–Trinajstić information content (AvgIpc) is 3.22. The van der Waals surface area contributed by atoms with Crippen LogP contribution in [-0.4, -0.2) is 68.3 Å². The van der Waals surface area contributed by atoms with Crippen LogP contribution in [0, 0.1) is 0 Å². The van der Waals surface area contributed by atoms with Gasteiger partial charge in [-0.15, -0.1) is 0 Å². The highest BCUT2D eigenvalue weighted by atomic mass is 16.5. The van der Waals surface area contributed by atoms with Crippen LogP contribution in [0.4, 0.5) is 5.69 Å². The molecule has 3 saturated heterocycles. The van der Waals surface area contributed by atoms with Gasteiger partial charge in [-0.1, -0.05) is 26.8 Å². The minimum Gasteiger partial charge on any atom is -0.487 e. The van der Waals surface area contributed by atoms with Crippen LogP contribution >= 0.6 is 0 Å². The normalized spacial score (nSPS) is 30.4. The fourth-order valence-electron chi connectivity index (χ4n) is 4.64. The molecule has 4 heteroatoms. The highest BCUT2D eigenvalue weighted by Crippen LogP contribution is 2.41. The molecule has 3 aliphatic rings. The molecule has 0 aromatic heterocycles. The van der Waals surface area contributed by atoms with Crippen LogP contribution in [0.15, 0.2) is 18.2 Å². The number of fused-ring (bicyclic) bond motifs is 2. The number of nitrogens with zero attached hydrogens (tertiary/aromatic N) is 3. The summed E-state index contributed by atoms with van der Waals surface area (Å²) >= 11 is 0. The van der Waals surface area contributed by atoms with Gasteiger partial charge >= 0.3 is 0 Å². The van der Waals surface area contributed by atoms with Gasteiger partial charge in [-0.3, -0.25) is 4.90 Å². The van der Waals surface area contributed by atoms with Gasteiger partial charge in [0, 0.05) is 38.3 Å². The van der Waals surface area contributed by atoms with Crippen molar-refractivity contribution in [3.8, 4) is 5.75 Å². The molecule has 3 heterocycles. The Labute approximate surface area is 152 Å². The molecule has 3 atom stereocenters. The summed E-state index contributed by atoms with van der Waals surface area (Å²) in [6, 6.07) is 8.28. The summed E-state index contributed by atoms with van der Waals surface area (Å²) in [6.07, 6.45) is 2.74.